The highest BCUT2D eigenvalue weighted by atomic mass is 15.1. The average Bonchev–Trinajstić information content (AvgIpc) is 2.62. The van der Waals surface area contributed by atoms with E-state index < -0.39 is 0 Å². The van der Waals surface area contributed by atoms with Crippen molar-refractivity contribution in [2.45, 2.75) is 58.3 Å². The lowest BCUT2D eigenvalue weighted by Gasteiger charge is -2.57. The summed E-state index contributed by atoms with van der Waals surface area (Å²) in [6, 6.07) is 0. The van der Waals surface area contributed by atoms with Crippen LogP contribution in [0.3, 0.4) is 0 Å². The fourth-order valence-corrected chi connectivity index (χ4v) is 5.86. The van der Waals surface area contributed by atoms with E-state index in [0.29, 0.717) is 5.41 Å². The molecule has 0 unspecified atom stereocenters. The molecular weight excluding hydrogens is 246 g/mol. The summed E-state index contributed by atoms with van der Waals surface area (Å²) >= 11 is 0. The Morgan fingerprint density at radius 3 is 2.15 bits per heavy atom. The van der Waals surface area contributed by atoms with E-state index in [1.165, 1.54) is 44.9 Å². The van der Waals surface area contributed by atoms with Gasteiger partial charge in [0.25, 0.3) is 0 Å². The molecule has 1 aromatic rings. The highest BCUT2D eigenvalue weighted by Gasteiger charge is 2.50. The Bertz CT molecular complexity index is 493. The van der Waals surface area contributed by atoms with Crippen LogP contribution >= 0.6 is 0 Å². The van der Waals surface area contributed by atoms with Crippen molar-refractivity contribution in [2.75, 3.05) is 5.73 Å². The Balaban J connectivity index is 1.50. The van der Waals surface area contributed by atoms with Crippen molar-refractivity contribution in [1.82, 2.24) is 9.55 Å². The predicted molar refractivity (Wildman–Crippen MR) is 81.3 cm³/mol. The summed E-state index contributed by atoms with van der Waals surface area (Å²) in [6.07, 6.45) is 11.5. The SMILES string of the molecule is Cc1nc(CCC23CC4CC(CC(C4)C2)C3)c(N)n1C. The summed E-state index contributed by atoms with van der Waals surface area (Å²) in [6.45, 7) is 2.05. The third kappa shape index (κ3) is 1.89. The van der Waals surface area contributed by atoms with Crippen LogP contribution in [-0.4, -0.2) is 9.55 Å². The van der Waals surface area contributed by atoms with Crippen LogP contribution in [0.5, 0.6) is 0 Å². The standard InChI is InChI=1S/C17H27N3/c1-11-19-15(16(18)20(11)2)3-4-17-8-12-5-13(9-17)7-14(6-12)10-17/h12-14H,3-10,18H2,1-2H3. The van der Waals surface area contributed by atoms with Crippen LogP contribution in [0.15, 0.2) is 0 Å². The maximum Gasteiger partial charge on any atom is 0.126 e. The maximum atomic E-state index is 6.18. The third-order valence-electron chi connectivity index (χ3n) is 6.50. The molecule has 0 saturated heterocycles. The Kier molecular flexibility index (Phi) is 2.71. The zero-order chi connectivity index (χ0) is 13.9. The molecule has 4 fully saturated rings. The van der Waals surface area contributed by atoms with Crippen molar-refractivity contribution in [3.05, 3.63) is 11.5 Å². The second-order valence-electron chi connectivity index (χ2n) is 7.97. The first-order valence-corrected chi connectivity index (χ1v) is 8.32. The van der Waals surface area contributed by atoms with E-state index in [4.69, 9.17) is 5.73 Å². The zero-order valence-electron chi connectivity index (χ0n) is 12.9. The Morgan fingerprint density at radius 2 is 1.70 bits per heavy atom. The molecule has 0 spiro atoms. The van der Waals surface area contributed by atoms with Crippen LogP contribution < -0.4 is 5.73 Å². The van der Waals surface area contributed by atoms with Crippen LogP contribution in [0.4, 0.5) is 5.82 Å². The normalized spacial score (nSPS) is 38.6. The number of aryl methyl sites for hydroxylation is 2. The summed E-state index contributed by atoms with van der Waals surface area (Å²) in [5.74, 6) is 5.06. The fourth-order valence-electron chi connectivity index (χ4n) is 5.86. The van der Waals surface area contributed by atoms with Crippen molar-refractivity contribution in [1.29, 1.82) is 0 Å². The number of anilines is 1. The smallest absolute Gasteiger partial charge is 0.126 e. The predicted octanol–water partition coefficient (Wildman–Crippen LogP) is 3.46. The van der Waals surface area contributed by atoms with Crippen molar-refractivity contribution in [3.63, 3.8) is 0 Å². The quantitative estimate of drug-likeness (QED) is 0.916. The molecule has 20 heavy (non-hydrogen) atoms. The molecule has 0 aliphatic heterocycles. The summed E-state index contributed by atoms with van der Waals surface area (Å²) in [5, 5.41) is 0. The van der Waals surface area contributed by atoms with E-state index >= 15 is 0 Å². The molecule has 0 amide bonds. The first-order valence-electron chi connectivity index (χ1n) is 8.32. The highest BCUT2D eigenvalue weighted by Crippen LogP contribution is 2.61. The monoisotopic (exact) mass is 273 g/mol. The molecule has 1 heterocycles. The van der Waals surface area contributed by atoms with E-state index in [-0.39, 0.29) is 0 Å². The van der Waals surface area contributed by atoms with Crippen molar-refractivity contribution < 1.29 is 0 Å². The van der Waals surface area contributed by atoms with Gasteiger partial charge in [0, 0.05) is 7.05 Å². The van der Waals surface area contributed by atoms with Gasteiger partial charge in [-0.15, -0.1) is 0 Å². The van der Waals surface area contributed by atoms with Crippen molar-refractivity contribution >= 4 is 5.82 Å². The maximum absolute atomic E-state index is 6.18. The highest BCUT2D eigenvalue weighted by molar-refractivity contribution is 5.37. The summed E-state index contributed by atoms with van der Waals surface area (Å²) in [4.78, 5) is 4.66. The van der Waals surface area contributed by atoms with Gasteiger partial charge < -0.3 is 10.3 Å². The molecule has 1 aromatic heterocycles. The number of imidazole rings is 1. The van der Waals surface area contributed by atoms with E-state index in [1.807, 2.05) is 18.5 Å². The molecular formula is C17H27N3. The van der Waals surface area contributed by atoms with Gasteiger partial charge in [-0.3, -0.25) is 0 Å². The van der Waals surface area contributed by atoms with Gasteiger partial charge in [-0.2, -0.15) is 0 Å². The van der Waals surface area contributed by atoms with Gasteiger partial charge >= 0.3 is 0 Å². The van der Waals surface area contributed by atoms with Gasteiger partial charge in [0.2, 0.25) is 0 Å². The third-order valence-corrected chi connectivity index (χ3v) is 6.50. The van der Waals surface area contributed by atoms with Gasteiger partial charge in [0.15, 0.2) is 0 Å². The molecule has 3 heteroatoms. The molecule has 0 atom stereocenters. The van der Waals surface area contributed by atoms with Crippen LogP contribution in [0.2, 0.25) is 0 Å². The molecule has 3 nitrogen and oxygen atoms in total. The molecule has 2 N–H and O–H groups in total. The van der Waals surface area contributed by atoms with E-state index in [2.05, 4.69) is 4.98 Å². The minimum atomic E-state index is 0.645. The van der Waals surface area contributed by atoms with E-state index in [0.717, 1.165) is 41.5 Å². The number of nitrogens with zero attached hydrogens (tertiary/aromatic N) is 2. The van der Waals surface area contributed by atoms with Crippen LogP contribution in [0, 0.1) is 30.1 Å². The Hall–Kier alpha value is -0.990. The second kappa shape index (κ2) is 4.25. The number of aromatic nitrogens is 2. The lowest BCUT2D eigenvalue weighted by Crippen LogP contribution is -2.46. The molecule has 0 aromatic carbocycles. The number of hydrogen-bond donors (Lipinski definition) is 1. The summed E-state index contributed by atoms with van der Waals surface area (Å²) < 4.78 is 2.02. The van der Waals surface area contributed by atoms with Gasteiger partial charge in [-0.1, -0.05) is 0 Å². The first kappa shape index (κ1) is 12.7. The van der Waals surface area contributed by atoms with E-state index in [1.54, 1.807) is 0 Å². The molecule has 5 rings (SSSR count). The first-order chi connectivity index (χ1) is 9.55. The van der Waals surface area contributed by atoms with Crippen LogP contribution in [0.25, 0.3) is 0 Å². The fraction of sp³-hybridized carbons (Fsp3) is 0.824. The van der Waals surface area contributed by atoms with Gasteiger partial charge in [-0.05, 0) is 81.5 Å². The molecule has 4 saturated carbocycles. The summed E-state index contributed by atoms with van der Waals surface area (Å²) in [7, 11) is 2.02. The van der Waals surface area contributed by atoms with Crippen LogP contribution in [-0.2, 0) is 13.5 Å². The second-order valence-corrected chi connectivity index (χ2v) is 7.97. The molecule has 0 radical (unpaired) electrons. The topological polar surface area (TPSA) is 43.8 Å². The minimum absolute atomic E-state index is 0.645. The largest absolute Gasteiger partial charge is 0.384 e. The number of hydrogen-bond acceptors (Lipinski definition) is 2. The van der Waals surface area contributed by atoms with Gasteiger partial charge in [0.05, 0.1) is 5.69 Å². The Morgan fingerprint density at radius 1 is 1.15 bits per heavy atom. The Labute approximate surface area is 122 Å². The number of rotatable bonds is 3. The van der Waals surface area contributed by atoms with Crippen LogP contribution in [0.1, 0.15) is 56.5 Å². The average molecular weight is 273 g/mol. The summed E-state index contributed by atoms with van der Waals surface area (Å²) in [5.41, 5.74) is 7.97. The number of nitrogen functional groups attached to an aromatic ring is 1. The molecule has 4 aliphatic carbocycles. The lowest BCUT2D eigenvalue weighted by molar-refractivity contribution is -0.0570. The van der Waals surface area contributed by atoms with Gasteiger partial charge in [-0.25, -0.2) is 4.98 Å². The van der Waals surface area contributed by atoms with Crippen molar-refractivity contribution in [2.24, 2.45) is 30.2 Å². The molecule has 4 aliphatic rings. The lowest BCUT2D eigenvalue weighted by atomic mass is 9.48. The minimum Gasteiger partial charge on any atom is -0.384 e. The van der Waals surface area contributed by atoms with E-state index in [9.17, 15) is 0 Å². The zero-order valence-corrected chi connectivity index (χ0v) is 12.9. The number of nitrogens with two attached hydrogens (primary N) is 1. The molecule has 110 valence electrons. The van der Waals surface area contributed by atoms with Crippen molar-refractivity contribution in [3.8, 4) is 0 Å². The van der Waals surface area contributed by atoms with Gasteiger partial charge in [0.1, 0.15) is 11.6 Å². The molecule has 4 bridgehead atoms.